The minimum absolute atomic E-state index is 0.0646. The van der Waals surface area contributed by atoms with Crippen molar-refractivity contribution in [2.75, 3.05) is 13.1 Å². The lowest BCUT2D eigenvalue weighted by Gasteiger charge is -2.31. The number of piperidine rings is 1. The summed E-state index contributed by atoms with van der Waals surface area (Å²) < 4.78 is 27.5. The highest BCUT2D eigenvalue weighted by Gasteiger charge is 2.26. The van der Waals surface area contributed by atoms with Gasteiger partial charge in [-0.2, -0.15) is 0 Å². The Bertz CT molecular complexity index is 848. The lowest BCUT2D eigenvalue weighted by atomic mass is 10.1. The molecule has 1 fully saturated rings. The van der Waals surface area contributed by atoms with Crippen LogP contribution in [-0.2, 0) is 14.8 Å². The molecule has 1 saturated heterocycles. The van der Waals surface area contributed by atoms with Crippen LogP contribution < -0.4 is 4.72 Å². The Morgan fingerprint density at radius 1 is 1.36 bits per heavy atom. The summed E-state index contributed by atoms with van der Waals surface area (Å²) in [5, 5.41) is 4.61. The Hall–Kier alpha value is -1.55. The summed E-state index contributed by atoms with van der Waals surface area (Å²) in [4.78, 5) is 18.3. The van der Waals surface area contributed by atoms with Crippen LogP contribution in [0.4, 0.5) is 0 Å². The normalized spacial score (nSPS) is 16.6. The minimum atomic E-state index is -3.45. The molecule has 1 N–H and O–H groups in total. The Labute approximate surface area is 155 Å². The number of aromatic nitrogens is 1. The fourth-order valence-electron chi connectivity index (χ4n) is 2.63. The van der Waals surface area contributed by atoms with Crippen molar-refractivity contribution in [2.45, 2.75) is 30.0 Å². The third-order valence-electron chi connectivity index (χ3n) is 3.92. The van der Waals surface area contributed by atoms with Crippen LogP contribution in [0.3, 0.4) is 0 Å². The number of hydrogen-bond acceptors (Lipinski definition) is 6. The predicted octanol–water partition coefficient (Wildman–Crippen LogP) is 2.50. The molecule has 0 aliphatic carbocycles. The standard InChI is InChI=1S/C16H19N3O3S3/c1-12-17-14(11-24-12)4-5-15(20)19-8-6-13(7-9-19)18-25(21,22)16-3-2-10-23-16/h2-5,10-11,13,18H,6-9H2,1H3/b5-4+. The molecule has 3 heterocycles. The Kier molecular flexibility index (Phi) is 5.67. The summed E-state index contributed by atoms with van der Waals surface area (Å²) >= 11 is 2.75. The van der Waals surface area contributed by atoms with E-state index in [1.807, 2.05) is 12.3 Å². The average Bonchev–Trinajstić information content (AvgIpc) is 3.25. The van der Waals surface area contributed by atoms with Crippen molar-refractivity contribution >= 4 is 44.7 Å². The number of aryl methyl sites for hydroxylation is 1. The third-order valence-corrected chi connectivity index (χ3v) is 7.63. The number of thiazole rings is 1. The van der Waals surface area contributed by atoms with E-state index in [9.17, 15) is 13.2 Å². The molecule has 0 spiro atoms. The zero-order valence-electron chi connectivity index (χ0n) is 13.7. The number of carbonyl (C=O) groups is 1. The van der Waals surface area contributed by atoms with E-state index in [1.165, 1.54) is 17.4 Å². The molecule has 2 aromatic rings. The predicted molar refractivity (Wildman–Crippen MR) is 100 cm³/mol. The monoisotopic (exact) mass is 397 g/mol. The highest BCUT2D eigenvalue weighted by atomic mass is 32.2. The van der Waals surface area contributed by atoms with E-state index in [0.29, 0.717) is 30.1 Å². The molecule has 1 aliphatic heterocycles. The Balaban J connectivity index is 1.51. The van der Waals surface area contributed by atoms with Gasteiger partial charge in [-0.1, -0.05) is 6.07 Å². The summed E-state index contributed by atoms with van der Waals surface area (Å²) in [6.07, 6.45) is 4.47. The average molecular weight is 398 g/mol. The molecular formula is C16H19N3O3S3. The van der Waals surface area contributed by atoms with Gasteiger partial charge in [-0.25, -0.2) is 18.1 Å². The summed E-state index contributed by atoms with van der Waals surface area (Å²) in [5.41, 5.74) is 0.787. The fourth-order valence-corrected chi connectivity index (χ4v) is 5.53. The molecule has 0 bridgehead atoms. The second-order valence-corrected chi connectivity index (χ2v) is 9.73. The van der Waals surface area contributed by atoms with Gasteiger partial charge < -0.3 is 4.90 Å². The largest absolute Gasteiger partial charge is 0.339 e. The molecule has 1 amide bonds. The quantitative estimate of drug-likeness (QED) is 0.786. The van der Waals surface area contributed by atoms with Gasteiger partial charge in [-0.15, -0.1) is 22.7 Å². The van der Waals surface area contributed by atoms with E-state index < -0.39 is 10.0 Å². The third kappa shape index (κ3) is 4.75. The molecule has 0 saturated carbocycles. The molecule has 6 nitrogen and oxygen atoms in total. The number of carbonyl (C=O) groups excluding carboxylic acids is 1. The van der Waals surface area contributed by atoms with E-state index in [0.717, 1.165) is 10.7 Å². The Morgan fingerprint density at radius 3 is 2.72 bits per heavy atom. The van der Waals surface area contributed by atoms with Gasteiger partial charge in [0.05, 0.1) is 10.7 Å². The lowest BCUT2D eigenvalue weighted by molar-refractivity contribution is -0.126. The molecule has 2 aromatic heterocycles. The van der Waals surface area contributed by atoms with Crippen LogP contribution in [-0.4, -0.2) is 43.3 Å². The first-order valence-corrected chi connectivity index (χ1v) is 11.1. The lowest BCUT2D eigenvalue weighted by Crippen LogP contribution is -2.46. The van der Waals surface area contributed by atoms with Crippen LogP contribution in [0.15, 0.2) is 33.2 Å². The SMILES string of the molecule is Cc1nc(/C=C/C(=O)N2CCC(NS(=O)(=O)c3cccs3)CC2)cs1. The van der Waals surface area contributed by atoms with Crippen LogP contribution in [0.2, 0.25) is 0 Å². The Morgan fingerprint density at radius 2 is 2.12 bits per heavy atom. The molecule has 25 heavy (non-hydrogen) atoms. The van der Waals surface area contributed by atoms with E-state index in [1.54, 1.807) is 39.8 Å². The smallest absolute Gasteiger partial charge is 0.250 e. The van der Waals surface area contributed by atoms with Gasteiger partial charge in [0, 0.05) is 30.6 Å². The van der Waals surface area contributed by atoms with Crippen molar-refractivity contribution in [3.05, 3.63) is 39.7 Å². The molecular weight excluding hydrogens is 378 g/mol. The summed E-state index contributed by atoms with van der Waals surface area (Å²) in [6.45, 7) is 3.00. The van der Waals surface area contributed by atoms with Gasteiger partial charge in [0.1, 0.15) is 4.21 Å². The molecule has 9 heteroatoms. The minimum Gasteiger partial charge on any atom is -0.339 e. The first kappa shape index (κ1) is 18.2. The second kappa shape index (κ2) is 7.77. The first-order valence-electron chi connectivity index (χ1n) is 7.89. The zero-order valence-corrected chi connectivity index (χ0v) is 16.2. The molecule has 0 unspecified atom stereocenters. The van der Waals surface area contributed by atoms with Crippen LogP contribution in [0.25, 0.3) is 6.08 Å². The highest BCUT2D eigenvalue weighted by molar-refractivity contribution is 7.91. The molecule has 0 radical (unpaired) electrons. The van der Waals surface area contributed by atoms with Crippen molar-refractivity contribution in [1.29, 1.82) is 0 Å². The number of nitrogens with one attached hydrogen (secondary N) is 1. The van der Waals surface area contributed by atoms with Gasteiger partial charge in [-0.05, 0) is 37.3 Å². The molecule has 0 atom stereocenters. The molecule has 134 valence electrons. The molecule has 3 rings (SSSR count). The fraction of sp³-hybridized carbons (Fsp3) is 0.375. The van der Waals surface area contributed by atoms with Crippen molar-refractivity contribution < 1.29 is 13.2 Å². The van der Waals surface area contributed by atoms with Crippen molar-refractivity contribution in [1.82, 2.24) is 14.6 Å². The number of rotatable bonds is 5. The van der Waals surface area contributed by atoms with Gasteiger partial charge in [0.25, 0.3) is 0 Å². The van der Waals surface area contributed by atoms with Crippen LogP contribution in [0.1, 0.15) is 23.5 Å². The number of hydrogen-bond donors (Lipinski definition) is 1. The number of likely N-dealkylation sites (tertiary alicyclic amines) is 1. The van der Waals surface area contributed by atoms with Crippen molar-refractivity contribution in [2.24, 2.45) is 0 Å². The summed E-state index contributed by atoms with van der Waals surface area (Å²) in [5.74, 6) is -0.0646. The number of amides is 1. The van der Waals surface area contributed by atoms with Crippen molar-refractivity contribution in [3.63, 3.8) is 0 Å². The van der Waals surface area contributed by atoms with Gasteiger partial charge in [0.2, 0.25) is 15.9 Å². The van der Waals surface area contributed by atoms with E-state index in [4.69, 9.17) is 0 Å². The molecule has 1 aliphatic rings. The van der Waals surface area contributed by atoms with Crippen LogP contribution in [0, 0.1) is 6.92 Å². The van der Waals surface area contributed by atoms with E-state index >= 15 is 0 Å². The maximum atomic E-state index is 12.2. The van der Waals surface area contributed by atoms with E-state index in [2.05, 4.69) is 9.71 Å². The first-order chi connectivity index (χ1) is 11.9. The van der Waals surface area contributed by atoms with Gasteiger partial charge in [-0.3, -0.25) is 4.79 Å². The zero-order chi connectivity index (χ0) is 17.9. The van der Waals surface area contributed by atoms with Gasteiger partial charge in [0.15, 0.2) is 0 Å². The highest BCUT2D eigenvalue weighted by Crippen LogP contribution is 2.19. The topological polar surface area (TPSA) is 79.4 Å². The van der Waals surface area contributed by atoms with E-state index in [-0.39, 0.29) is 11.9 Å². The van der Waals surface area contributed by atoms with Gasteiger partial charge >= 0.3 is 0 Å². The summed E-state index contributed by atoms with van der Waals surface area (Å²) in [7, 11) is -3.45. The number of nitrogens with zero attached hydrogens (tertiary/aromatic N) is 2. The second-order valence-electron chi connectivity index (χ2n) is 5.78. The number of sulfonamides is 1. The maximum absolute atomic E-state index is 12.2. The van der Waals surface area contributed by atoms with Crippen LogP contribution >= 0.6 is 22.7 Å². The number of thiophene rings is 1. The maximum Gasteiger partial charge on any atom is 0.250 e. The molecule has 0 aromatic carbocycles. The van der Waals surface area contributed by atoms with Crippen LogP contribution in [0.5, 0.6) is 0 Å². The van der Waals surface area contributed by atoms with Crippen molar-refractivity contribution in [3.8, 4) is 0 Å². The summed E-state index contributed by atoms with van der Waals surface area (Å²) in [6, 6.07) is 3.18.